The third-order valence-corrected chi connectivity index (χ3v) is 8.68. The fourth-order valence-electron chi connectivity index (χ4n) is 4.94. The van der Waals surface area contributed by atoms with E-state index in [1.807, 2.05) is 42.5 Å². The molecule has 1 atom stereocenters. The Bertz CT molecular complexity index is 1740. The highest BCUT2D eigenvalue weighted by molar-refractivity contribution is 9.10. The van der Waals surface area contributed by atoms with Gasteiger partial charge in [0.05, 0.1) is 29.1 Å². The molecule has 0 radical (unpaired) electrons. The van der Waals surface area contributed by atoms with Gasteiger partial charge in [0.25, 0.3) is 0 Å². The molecule has 0 aliphatic carbocycles. The van der Waals surface area contributed by atoms with Gasteiger partial charge in [0.2, 0.25) is 0 Å². The lowest BCUT2D eigenvalue weighted by Crippen LogP contribution is -2.32. The van der Waals surface area contributed by atoms with Crippen molar-refractivity contribution in [1.82, 2.24) is 15.3 Å². The smallest absolute Gasteiger partial charge is 0.148 e. The molecule has 1 unspecified atom stereocenters. The van der Waals surface area contributed by atoms with E-state index >= 15 is 0 Å². The molecule has 0 saturated carbocycles. The maximum Gasteiger partial charge on any atom is 0.148 e. The van der Waals surface area contributed by atoms with Crippen LogP contribution in [0.2, 0.25) is 0 Å². The first-order valence-electron chi connectivity index (χ1n) is 13.6. The predicted octanol–water partition coefficient (Wildman–Crippen LogP) is 6.02. The van der Waals surface area contributed by atoms with Crippen molar-refractivity contribution in [3.05, 3.63) is 94.7 Å². The molecule has 0 amide bonds. The summed E-state index contributed by atoms with van der Waals surface area (Å²) in [4.78, 5) is 8.99. The number of halogens is 2. The number of methoxy groups -OCH3 is 1. The van der Waals surface area contributed by atoms with Gasteiger partial charge in [0.15, 0.2) is 0 Å². The van der Waals surface area contributed by atoms with Crippen molar-refractivity contribution >= 4 is 48.2 Å². The first kappa shape index (κ1) is 30.7. The van der Waals surface area contributed by atoms with Crippen LogP contribution >= 0.6 is 15.9 Å². The minimum atomic E-state index is -3.05. The second-order valence-electron chi connectivity index (χ2n) is 10.3. The van der Waals surface area contributed by atoms with E-state index in [1.165, 1.54) is 24.7 Å². The Labute approximate surface area is 258 Å². The van der Waals surface area contributed by atoms with Gasteiger partial charge in [-0.2, -0.15) is 0 Å². The van der Waals surface area contributed by atoms with Crippen LogP contribution in [0, 0.1) is 5.82 Å². The molecule has 0 fully saturated rings. The van der Waals surface area contributed by atoms with Gasteiger partial charge in [-0.1, -0.05) is 12.1 Å². The number of benzene rings is 3. The number of aromatic nitrogens is 2. The summed E-state index contributed by atoms with van der Waals surface area (Å²) in [5.74, 6) is 1.62. The molecule has 3 aromatic carbocycles. The summed E-state index contributed by atoms with van der Waals surface area (Å²) in [6, 6.07) is 15.7. The Balaban J connectivity index is 1.38. The van der Waals surface area contributed by atoms with Gasteiger partial charge < -0.3 is 24.8 Å². The normalized spacial score (nSPS) is 16.3. The highest BCUT2D eigenvalue weighted by Crippen LogP contribution is 2.44. The number of hydrogen-bond acceptors (Lipinski definition) is 9. The third-order valence-electron chi connectivity index (χ3n) is 7.12. The zero-order valence-corrected chi connectivity index (χ0v) is 26.2. The Hall–Kier alpha value is -3.74. The summed E-state index contributed by atoms with van der Waals surface area (Å²) in [5, 5.41) is 7.38. The standard InChI is InChI=1S/C31H32BrFN4O5S/c1-40-29-18-27-24(17-25(29)31(9-4-13-42-31)10-11-34-12-14-43(2,38)39)30(36-20-35-27)37-23-7-8-28(26(32)16-23)41-19-21-5-3-6-22(33)15-21/h3-8,13,15-18,20,34H,9-12,14,19H2,1-2H3,(H,35,36,37). The van der Waals surface area contributed by atoms with Gasteiger partial charge in [-0.3, -0.25) is 0 Å². The van der Waals surface area contributed by atoms with Crippen LogP contribution in [0.3, 0.4) is 0 Å². The van der Waals surface area contributed by atoms with Crippen LogP contribution in [0.25, 0.3) is 10.9 Å². The van der Waals surface area contributed by atoms with E-state index in [1.54, 1.807) is 19.4 Å². The summed E-state index contributed by atoms with van der Waals surface area (Å²) >= 11 is 3.58. The Morgan fingerprint density at radius 3 is 2.67 bits per heavy atom. The van der Waals surface area contributed by atoms with E-state index in [-0.39, 0.29) is 18.2 Å². The average molecular weight is 672 g/mol. The minimum Gasteiger partial charge on any atom is -0.496 e. The predicted molar refractivity (Wildman–Crippen MR) is 168 cm³/mol. The highest BCUT2D eigenvalue weighted by Gasteiger charge is 2.38. The van der Waals surface area contributed by atoms with Crippen LogP contribution in [-0.4, -0.2) is 50.6 Å². The number of sulfone groups is 1. The van der Waals surface area contributed by atoms with Crippen LogP contribution in [0.15, 0.2) is 77.7 Å². The molecule has 5 rings (SSSR count). The van der Waals surface area contributed by atoms with E-state index in [4.69, 9.17) is 14.2 Å². The summed E-state index contributed by atoms with van der Waals surface area (Å²) in [7, 11) is -1.44. The summed E-state index contributed by atoms with van der Waals surface area (Å²) in [5.41, 5.74) is 2.34. The largest absolute Gasteiger partial charge is 0.496 e. The van der Waals surface area contributed by atoms with Gasteiger partial charge in [-0.25, -0.2) is 22.8 Å². The molecule has 4 aromatic rings. The van der Waals surface area contributed by atoms with E-state index in [0.29, 0.717) is 48.8 Å². The second-order valence-corrected chi connectivity index (χ2v) is 13.4. The van der Waals surface area contributed by atoms with Crippen molar-refractivity contribution in [2.75, 3.05) is 37.5 Å². The molecule has 43 heavy (non-hydrogen) atoms. The lowest BCUT2D eigenvalue weighted by Gasteiger charge is -2.31. The highest BCUT2D eigenvalue weighted by atomic mass is 79.9. The van der Waals surface area contributed by atoms with Crippen molar-refractivity contribution < 1.29 is 27.0 Å². The molecule has 2 N–H and O–H groups in total. The van der Waals surface area contributed by atoms with Gasteiger partial charge >= 0.3 is 0 Å². The number of nitrogens with one attached hydrogen (secondary N) is 2. The summed E-state index contributed by atoms with van der Waals surface area (Å²) in [6.45, 7) is 1.15. The quantitative estimate of drug-likeness (QED) is 0.165. The lowest BCUT2D eigenvalue weighted by atomic mass is 9.86. The molecule has 9 nitrogen and oxygen atoms in total. The van der Waals surface area contributed by atoms with Crippen LogP contribution in [0.4, 0.5) is 15.9 Å². The van der Waals surface area contributed by atoms with Crippen molar-refractivity contribution in [1.29, 1.82) is 0 Å². The van der Waals surface area contributed by atoms with E-state index < -0.39 is 15.4 Å². The summed E-state index contributed by atoms with van der Waals surface area (Å²) in [6.07, 6.45) is 7.59. The van der Waals surface area contributed by atoms with Crippen LogP contribution in [0.1, 0.15) is 24.0 Å². The maximum absolute atomic E-state index is 13.5. The van der Waals surface area contributed by atoms with E-state index in [0.717, 1.165) is 26.7 Å². The van der Waals surface area contributed by atoms with E-state index in [9.17, 15) is 12.8 Å². The molecule has 1 aliphatic heterocycles. The van der Waals surface area contributed by atoms with Crippen molar-refractivity contribution in [2.24, 2.45) is 0 Å². The number of fused-ring (bicyclic) bond motifs is 1. The van der Waals surface area contributed by atoms with E-state index in [2.05, 4.69) is 36.5 Å². The van der Waals surface area contributed by atoms with Gasteiger partial charge in [0.1, 0.15) is 51.5 Å². The maximum atomic E-state index is 13.5. The molecule has 0 bridgehead atoms. The second kappa shape index (κ2) is 13.3. The van der Waals surface area contributed by atoms with Crippen molar-refractivity contribution in [3.8, 4) is 11.5 Å². The number of anilines is 2. The topological polar surface area (TPSA) is 112 Å². The zero-order chi connectivity index (χ0) is 30.5. The Morgan fingerprint density at radius 2 is 1.95 bits per heavy atom. The van der Waals surface area contributed by atoms with Gasteiger partial charge in [-0.15, -0.1) is 0 Å². The summed E-state index contributed by atoms with van der Waals surface area (Å²) < 4.78 is 55.1. The zero-order valence-electron chi connectivity index (χ0n) is 23.8. The molecule has 1 aliphatic rings. The van der Waals surface area contributed by atoms with Gasteiger partial charge in [-0.05, 0) is 70.5 Å². The van der Waals surface area contributed by atoms with Crippen LogP contribution < -0.4 is 20.1 Å². The molecule has 0 spiro atoms. The molecule has 226 valence electrons. The third kappa shape index (κ3) is 7.62. The molecule has 2 heterocycles. The van der Waals surface area contributed by atoms with Crippen molar-refractivity contribution in [2.45, 2.75) is 25.0 Å². The molecule has 1 aromatic heterocycles. The van der Waals surface area contributed by atoms with Crippen molar-refractivity contribution in [3.63, 3.8) is 0 Å². The van der Waals surface area contributed by atoms with Crippen LogP contribution in [-0.2, 0) is 26.8 Å². The fourth-order valence-corrected chi connectivity index (χ4v) is 5.94. The SMILES string of the molecule is COc1cc2ncnc(Nc3ccc(OCc4cccc(F)c4)c(Br)c3)c2cc1C1(CCNCCS(C)(=O)=O)CC=CO1. The molecule has 12 heteroatoms. The molecule has 0 saturated heterocycles. The number of hydrogen-bond donors (Lipinski definition) is 2. The lowest BCUT2D eigenvalue weighted by molar-refractivity contribution is 0.0307. The first-order valence-corrected chi connectivity index (χ1v) is 16.5. The molecular formula is C31H32BrFN4O5S. The first-order chi connectivity index (χ1) is 20.7. The number of ether oxygens (including phenoxy) is 3. The number of nitrogens with zero attached hydrogens (tertiary/aromatic N) is 2. The van der Waals surface area contributed by atoms with Gasteiger partial charge in [0, 0.05) is 48.3 Å². The minimum absolute atomic E-state index is 0.0704. The van der Waals surface area contributed by atoms with Crippen LogP contribution in [0.5, 0.6) is 11.5 Å². The molecular weight excluding hydrogens is 639 g/mol. The Morgan fingerprint density at radius 1 is 1.09 bits per heavy atom. The fraction of sp³-hybridized carbons (Fsp3) is 0.290. The number of rotatable bonds is 13. The monoisotopic (exact) mass is 670 g/mol. The average Bonchev–Trinajstić information content (AvgIpc) is 3.45. The Kier molecular flexibility index (Phi) is 9.48.